The van der Waals surface area contributed by atoms with Crippen LogP contribution in [0, 0.1) is 0 Å². The van der Waals surface area contributed by atoms with Gasteiger partial charge in [-0.15, -0.1) is 0 Å². The van der Waals surface area contributed by atoms with Gasteiger partial charge >= 0.3 is 12.1 Å². The Morgan fingerprint density at radius 1 is 1.44 bits per heavy atom. The summed E-state index contributed by atoms with van der Waals surface area (Å²) in [5.41, 5.74) is -2.42. The van der Waals surface area contributed by atoms with E-state index in [2.05, 4.69) is 4.98 Å². The highest BCUT2D eigenvalue weighted by Crippen LogP contribution is 2.30. The molecule has 0 aliphatic carbocycles. The summed E-state index contributed by atoms with van der Waals surface area (Å²) in [6.07, 6.45) is -3.72. The van der Waals surface area contributed by atoms with E-state index in [1.54, 1.807) is 6.92 Å². The smallest absolute Gasteiger partial charge is 0.417 e. The summed E-state index contributed by atoms with van der Waals surface area (Å²) in [5.74, 6) is -1.36. The topological polar surface area (TPSA) is 59.4 Å². The Kier molecular flexibility index (Phi) is 3.83. The molecule has 7 heteroatoms. The Morgan fingerprint density at radius 3 is 2.39 bits per heavy atom. The van der Waals surface area contributed by atoms with Crippen LogP contribution in [0.4, 0.5) is 13.2 Å². The lowest BCUT2D eigenvalue weighted by atomic mass is 10.0. The number of rotatable bonds is 4. The minimum absolute atomic E-state index is 0.158. The highest BCUT2D eigenvalue weighted by Gasteiger charge is 2.35. The molecule has 1 rings (SSSR count). The number of alkyl halides is 3. The van der Waals surface area contributed by atoms with Crippen LogP contribution in [-0.2, 0) is 11.0 Å². The first-order valence-electron chi connectivity index (χ1n) is 5.14. The summed E-state index contributed by atoms with van der Waals surface area (Å²) in [7, 11) is 0. The molecule has 0 radical (unpaired) electrons. The van der Waals surface area contributed by atoms with Crippen molar-refractivity contribution in [1.82, 2.24) is 4.98 Å². The predicted molar refractivity (Wildman–Crippen MR) is 56.2 cm³/mol. The molecule has 0 saturated carbocycles. The number of nitrogens with zero attached hydrogens (tertiary/aromatic N) is 1. The van der Waals surface area contributed by atoms with E-state index < -0.39 is 23.3 Å². The van der Waals surface area contributed by atoms with Gasteiger partial charge in [0.2, 0.25) is 11.5 Å². The van der Waals surface area contributed by atoms with Crippen LogP contribution in [0.2, 0.25) is 0 Å². The number of halogens is 3. The van der Waals surface area contributed by atoms with Gasteiger partial charge in [-0.05, 0) is 19.4 Å². The van der Waals surface area contributed by atoms with Gasteiger partial charge < -0.3 is 9.84 Å². The van der Waals surface area contributed by atoms with E-state index in [1.807, 2.05) is 0 Å². The van der Waals surface area contributed by atoms with E-state index >= 15 is 0 Å². The first-order chi connectivity index (χ1) is 8.19. The van der Waals surface area contributed by atoms with Crippen molar-refractivity contribution >= 4 is 5.97 Å². The van der Waals surface area contributed by atoms with Crippen molar-refractivity contribution in [3.05, 3.63) is 23.9 Å². The third kappa shape index (κ3) is 3.12. The number of pyridine rings is 1. The molecule has 0 saturated heterocycles. The summed E-state index contributed by atoms with van der Waals surface area (Å²) in [6, 6.07) is 1.79. The molecule has 0 aromatic carbocycles. The third-order valence-corrected chi connectivity index (χ3v) is 2.52. The Bertz CT molecular complexity index is 430. The molecule has 18 heavy (non-hydrogen) atoms. The lowest BCUT2D eigenvalue weighted by Gasteiger charge is -2.24. The van der Waals surface area contributed by atoms with Crippen LogP contribution in [0.15, 0.2) is 18.3 Å². The van der Waals surface area contributed by atoms with Gasteiger partial charge in [0.05, 0.1) is 5.56 Å². The van der Waals surface area contributed by atoms with Crippen LogP contribution in [0.5, 0.6) is 5.88 Å². The van der Waals surface area contributed by atoms with E-state index in [-0.39, 0.29) is 12.3 Å². The molecule has 0 bridgehead atoms. The van der Waals surface area contributed by atoms with Crippen LogP contribution in [0.1, 0.15) is 25.8 Å². The maximum Gasteiger partial charge on any atom is 0.417 e. The third-order valence-electron chi connectivity index (χ3n) is 2.52. The fourth-order valence-corrected chi connectivity index (χ4v) is 1.11. The summed E-state index contributed by atoms with van der Waals surface area (Å²) in [4.78, 5) is 14.4. The number of carbonyl (C=O) groups is 1. The number of hydrogen-bond donors (Lipinski definition) is 1. The largest absolute Gasteiger partial charge is 0.478 e. The standard InChI is InChI=1S/C11H12F3NO3/c1-3-10(2,9(16)17)18-8-5-4-7(6-15-8)11(12,13)14/h4-6H,3H2,1-2H3,(H,16,17). The van der Waals surface area contributed by atoms with Crippen LogP contribution in [0.25, 0.3) is 0 Å². The monoisotopic (exact) mass is 263 g/mol. The highest BCUT2D eigenvalue weighted by molar-refractivity contribution is 5.77. The summed E-state index contributed by atoms with van der Waals surface area (Å²) < 4.78 is 41.9. The van der Waals surface area contributed by atoms with Gasteiger partial charge in [0.15, 0.2) is 0 Å². The summed E-state index contributed by atoms with van der Waals surface area (Å²) >= 11 is 0. The molecule has 1 atom stereocenters. The molecule has 0 spiro atoms. The molecule has 1 heterocycles. The second-order valence-electron chi connectivity index (χ2n) is 3.87. The lowest BCUT2D eigenvalue weighted by Crippen LogP contribution is -2.40. The van der Waals surface area contributed by atoms with Crippen LogP contribution in [0.3, 0.4) is 0 Å². The van der Waals surface area contributed by atoms with Crippen LogP contribution < -0.4 is 4.74 Å². The first kappa shape index (κ1) is 14.3. The molecule has 1 aromatic rings. The number of carboxylic acid groups (broad SMARTS) is 1. The summed E-state index contributed by atoms with van der Waals surface area (Å²) in [6.45, 7) is 2.92. The van der Waals surface area contributed by atoms with Gasteiger partial charge in [-0.2, -0.15) is 13.2 Å². The molecule has 1 N–H and O–H groups in total. The molecule has 0 amide bonds. The van der Waals surface area contributed by atoms with Crippen LogP contribution in [-0.4, -0.2) is 21.7 Å². The number of hydrogen-bond acceptors (Lipinski definition) is 3. The van der Waals surface area contributed by atoms with Gasteiger partial charge in [-0.3, -0.25) is 0 Å². The maximum atomic E-state index is 12.3. The Morgan fingerprint density at radius 2 is 2.06 bits per heavy atom. The van der Waals surface area contributed by atoms with E-state index in [4.69, 9.17) is 9.84 Å². The van der Waals surface area contributed by atoms with Crippen molar-refractivity contribution < 1.29 is 27.8 Å². The SMILES string of the molecule is CCC(C)(Oc1ccc(C(F)(F)F)cn1)C(=O)O. The van der Waals surface area contributed by atoms with Gasteiger partial charge in [0.1, 0.15) is 0 Å². The molecule has 1 unspecified atom stereocenters. The van der Waals surface area contributed by atoms with Gasteiger partial charge in [-0.1, -0.05) is 6.92 Å². The van der Waals surface area contributed by atoms with Crippen molar-refractivity contribution in [2.24, 2.45) is 0 Å². The number of aliphatic carboxylic acids is 1. The quantitative estimate of drug-likeness (QED) is 0.907. The van der Waals surface area contributed by atoms with Crippen molar-refractivity contribution in [3.63, 3.8) is 0 Å². The number of aromatic nitrogens is 1. The van der Waals surface area contributed by atoms with Gasteiger partial charge in [-0.25, -0.2) is 9.78 Å². The van der Waals surface area contributed by atoms with Crippen LogP contribution >= 0.6 is 0 Å². The first-order valence-corrected chi connectivity index (χ1v) is 5.14. The Balaban J connectivity index is 2.90. The van der Waals surface area contributed by atoms with E-state index in [0.29, 0.717) is 6.20 Å². The van der Waals surface area contributed by atoms with Crippen molar-refractivity contribution in [3.8, 4) is 5.88 Å². The number of ether oxygens (including phenoxy) is 1. The zero-order chi connectivity index (χ0) is 14.0. The van der Waals surface area contributed by atoms with Gasteiger partial charge in [0.25, 0.3) is 0 Å². The van der Waals surface area contributed by atoms with Crippen molar-refractivity contribution in [1.29, 1.82) is 0 Å². The fourth-order valence-electron chi connectivity index (χ4n) is 1.11. The zero-order valence-corrected chi connectivity index (χ0v) is 9.78. The van der Waals surface area contributed by atoms with E-state index in [9.17, 15) is 18.0 Å². The second-order valence-corrected chi connectivity index (χ2v) is 3.87. The Labute approximate surface area is 101 Å². The van der Waals surface area contributed by atoms with E-state index in [0.717, 1.165) is 12.1 Å². The molecule has 1 aromatic heterocycles. The molecular formula is C11H12F3NO3. The van der Waals surface area contributed by atoms with Crippen molar-refractivity contribution in [2.45, 2.75) is 32.0 Å². The summed E-state index contributed by atoms with van der Waals surface area (Å²) in [5, 5.41) is 8.94. The molecule has 4 nitrogen and oxygen atoms in total. The molecular weight excluding hydrogens is 251 g/mol. The second kappa shape index (κ2) is 4.83. The molecule has 0 aliphatic rings. The highest BCUT2D eigenvalue weighted by atomic mass is 19.4. The molecule has 0 fully saturated rings. The average Bonchev–Trinajstić information content (AvgIpc) is 2.28. The lowest BCUT2D eigenvalue weighted by molar-refractivity contribution is -0.154. The zero-order valence-electron chi connectivity index (χ0n) is 9.78. The normalized spacial score (nSPS) is 14.9. The Hall–Kier alpha value is -1.79. The minimum Gasteiger partial charge on any atom is -0.478 e. The maximum absolute atomic E-state index is 12.3. The fraction of sp³-hybridized carbons (Fsp3) is 0.455. The predicted octanol–water partition coefficient (Wildman–Crippen LogP) is 2.73. The molecule has 0 aliphatic heterocycles. The van der Waals surface area contributed by atoms with Gasteiger partial charge in [0, 0.05) is 12.3 Å². The minimum atomic E-state index is -4.48. The molecule has 100 valence electrons. The van der Waals surface area contributed by atoms with Crippen molar-refractivity contribution in [2.75, 3.05) is 0 Å². The average molecular weight is 263 g/mol. The number of carboxylic acids is 1. The van der Waals surface area contributed by atoms with E-state index in [1.165, 1.54) is 6.92 Å².